The van der Waals surface area contributed by atoms with Gasteiger partial charge < -0.3 is 5.11 Å². The van der Waals surface area contributed by atoms with Gasteiger partial charge in [-0.05, 0) is 120 Å². The highest BCUT2D eigenvalue weighted by atomic mass is 16.3. The van der Waals surface area contributed by atoms with Crippen LogP contribution in [0.2, 0.25) is 0 Å². The van der Waals surface area contributed by atoms with Crippen LogP contribution in [0.15, 0.2) is 0 Å². The van der Waals surface area contributed by atoms with Gasteiger partial charge in [0.15, 0.2) is 0 Å². The summed E-state index contributed by atoms with van der Waals surface area (Å²) in [4.78, 5) is 0. The zero-order valence-electron chi connectivity index (χ0n) is 21.9. The lowest BCUT2D eigenvalue weighted by Crippen LogP contribution is -2.68. The zero-order valence-corrected chi connectivity index (χ0v) is 21.9. The summed E-state index contributed by atoms with van der Waals surface area (Å²) in [5.41, 5.74) is 2.58. The largest absolute Gasteiger partial charge is 0.396 e. The molecule has 1 nitrogen and oxygen atoms in total. The molecule has 5 aliphatic rings. The van der Waals surface area contributed by atoms with Crippen molar-refractivity contribution in [3.8, 4) is 0 Å². The van der Waals surface area contributed by atoms with E-state index in [0.29, 0.717) is 39.6 Å². The van der Waals surface area contributed by atoms with Gasteiger partial charge in [-0.3, -0.25) is 0 Å². The van der Waals surface area contributed by atoms with Crippen LogP contribution in [0.4, 0.5) is 0 Å². The van der Waals surface area contributed by atoms with Crippen molar-refractivity contribution in [2.75, 3.05) is 6.61 Å². The predicted molar refractivity (Wildman–Crippen MR) is 131 cm³/mol. The van der Waals surface area contributed by atoms with Crippen LogP contribution in [0, 0.1) is 56.2 Å². The van der Waals surface area contributed by atoms with E-state index in [2.05, 4.69) is 48.5 Å². The number of aliphatic hydroxyl groups excluding tert-OH is 1. The third-order valence-electron chi connectivity index (χ3n) is 13.9. The Morgan fingerprint density at radius 3 is 2.00 bits per heavy atom. The van der Waals surface area contributed by atoms with Crippen molar-refractivity contribution >= 4 is 0 Å². The van der Waals surface area contributed by atoms with Crippen molar-refractivity contribution in [3.63, 3.8) is 0 Å². The molecule has 0 amide bonds. The molecule has 0 aromatic carbocycles. The molecule has 5 saturated carbocycles. The second-order valence-corrected chi connectivity index (χ2v) is 15.3. The molecule has 31 heavy (non-hydrogen) atoms. The molecule has 5 aliphatic carbocycles. The number of hydrogen-bond acceptors (Lipinski definition) is 1. The number of rotatable bonds is 1. The minimum atomic E-state index is 0.208. The van der Waals surface area contributed by atoms with E-state index in [4.69, 9.17) is 0 Å². The first-order valence-corrected chi connectivity index (χ1v) is 14.0. The Kier molecular flexibility index (Phi) is 4.96. The quantitative estimate of drug-likeness (QED) is 0.445. The van der Waals surface area contributed by atoms with Crippen LogP contribution < -0.4 is 0 Å². The minimum absolute atomic E-state index is 0.208. The molecule has 5 fully saturated rings. The van der Waals surface area contributed by atoms with Gasteiger partial charge >= 0.3 is 0 Å². The van der Waals surface area contributed by atoms with Crippen molar-refractivity contribution in [1.29, 1.82) is 0 Å². The fourth-order valence-corrected chi connectivity index (χ4v) is 11.4. The highest BCUT2D eigenvalue weighted by Gasteiger charge is 2.70. The average molecular weight is 429 g/mol. The second-order valence-electron chi connectivity index (χ2n) is 15.3. The number of hydrogen-bond donors (Lipinski definition) is 1. The van der Waals surface area contributed by atoms with Gasteiger partial charge in [0.1, 0.15) is 0 Å². The maximum Gasteiger partial charge on any atom is 0.0490 e. The summed E-state index contributed by atoms with van der Waals surface area (Å²) < 4.78 is 0. The van der Waals surface area contributed by atoms with E-state index in [9.17, 15) is 5.11 Å². The van der Waals surface area contributed by atoms with Crippen LogP contribution >= 0.6 is 0 Å². The molecule has 5 rings (SSSR count). The third kappa shape index (κ3) is 2.77. The second kappa shape index (κ2) is 6.76. The Morgan fingerprint density at radius 1 is 0.645 bits per heavy atom. The maximum absolute atomic E-state index is 10.7. The molecule has 0 aromatic rings. The summed E-state index contributed by atoms with van der Waals surface area (Å²) in [6.45, 7) is 18.9. The van der Waals surface area contributed by atoms with Gasteiger partial charge in [-0.15, -0.1) is 0 Å². The lowest BCUT2D eigenvalue weighted by Gasteiger charge is -2.75. The summed E-state index contributed by atoms with van der Waals surface area (Å²) >= 11 is 0. The SMILES string of the molecule is C[C@H]1CCC[C@@H]2[C@]1(C)CC[C@H]1[C@@]2(C)CC[C@@]2(C)[C@@H]3CC(C)(C)CC[C@]3(CO)CC[C@]12C. The van der Waals surface area contributed by atoms with E-state index < -0.39 is 0 Å². The lowest BCUT2D eigenvalue weighted by molar-refractivity contribution is -0.264. The molecule has 0 bridgehead atoms. The van der Waals surface area contributed by atoms with Crippen LogP contribution in [0.3, 0.4) is 0 Å². The van der Waals surface area contributed by atoms with Gasteiger partial charge in [0.2, 0.25) is 0 Å². The highest BCUT2D eigenvalue weighted by molar-refractivity contribution is 5.19. The molecule has 0 spiro atoms. The molecule has 0 heterocycles. The first-order valence-electron chi connectivity index (χ1n) is 14.0. The molecule has 178 valence electrons. The summed E-state index contributed by atoms with van der Waals surface area (Å²) in [7, 11) is 0. The van der Waals surface area contributed by atoms with E-state index in [1.807, 2.05) is 0 Å². The molecule has 1 N–H and O–H groups in total. The Morgan fingerprint density at radius 2 is 1.29 bits per heavy atom. The minimum Gasteiger partial charge on any atom is -0.396 e. The van der Waals surface area contributed by atoms with Gasteiger partial charge in [0.25, 0.3) is 0 Å². The molecule has 9 atom stereocenters. The van der Waals surface area contributed by atoms with Gasteiger partial charge in [-0.25, -0.2) is 0 Å². The summed E-state index contributed by atoms with van der Waals surface area (Å²) in [5.74, 6) is 3.41. The monoisotopic (exact) mass is 428 g/mol. The van der Waals surface area contributed by atoms with Crippen molar-refractivity contribution in [2.24, 2.45) is 56.2 Å². The Hall–Kier alpha value is -0.0400. The molecule has 0 saturated heterocycles. The van der Waals surface area contributed by atoms with Gasteiger partial charge in [0.05, 0.1) is 0 Å². The van der Waals surface area contributed by atoms with Gasteiger partial charge in [-0.1, -0.05) is 61.3 Å². The van der Waals surface area contributed by atoms with E-state index >= 15 is 0 Å². The van der Waals surface area contributed by atoms with Crippen LogP contribution in [0.5, 0.6) is 0 Å². The standard InChI is InChI=1S/C30H52O/c1-21-9-8-10-22-26(21,4)12-11-23-27(22,5)14-15-29(7)24-19-25(2,3)13-17-30(24,20-31)18-16-28(23,29)6/h21-24,31H,8-20H2,1-7H3/t21-,22+,23-,24-,26+,27-,28+,29-,30+/m0/s1. The fourth-order valence-electron chi connectivity index (χ4n) is 11.4. The Bertz CT molecular complexity index is 726. The molecular formula is C30H52O. The molecule has 0 radical (unpaired) electrons. The molecular weight excluding hydrogens is 376 g/mol. The van der Waals surface area contributed by atoms with E-state index in [0.717, 1.165) is 17.8 Å². The van der Waals surface area contributed by atoms with Crippen LogP contribution in [-0.2, 0) is 0 Å². The third-order valence-corrected chi connectivity index (χ3v) is 13.9. The van der Waals surface area contributed by atoms with Gasteiger partial charge in [-0.2, -0.15) is 0 Å². The smallest absolute Gasteiger partial charge is 0.0490 e. The first-order chi connectivity index (χ1) is 14.4. The van der Waals surface area contributed by atoms with E-state index in [1.165, 1.54) is 77.0 Å². The summed E-state index contributed by atoms with van der Waals surface area (Å²) in [6, 6.07) is 0. The van der Waals surface area contributed by atoms with Crippen molar-refractivity contribution in [1.82, 2.24) is 0 Å². The first kappa shape index (κ1) is 22.7. The lowest BCUT2D eigenvalue weighted by atomic mass is 9.30. The molecule has 1 heteroatoms. The zero-order chi connectivity index (χ0) is 22.5. The molecule has 0 aromatic heterocycles. The Labute approximate surface area is 193 Å². The van der Waals surface area contributed by atoms with Crippen LogP contribution in [0.1, 0.15) is 126 Å². The average Bonchev–Trinajstić information content (AvgIpc) is 2.71. The number of fused-ring (bicyclic) bond motifs is 7. The normalized spacial score (nSPS) is 58.5. The summed E-state index contributed by atoms with van der Waals surface area (Å²) in [6.07, 6.45) is 16.7. The predicted octanol–water partition coefficient (Wildman–Crippen LogP) is 8.25. The van der Waals surface area contributed by atoms with Crippen LogP contribution in [-0.4, -0.2) is 11.7 Å². The molecule has 0 aliphatic heterocycles. The fraction of sp³-hybridized carbons (Fsp3) is 1.00. The Balaban J connectivity index is 1.56. The summed E-state index contributed by atoms with van der Waals surface area (Å²) in [5, 5.41) is 10.7. The van der Waals surface area contributed by atoms with E-state index in [1.54, 1.807) is 0 Å². The highest BCUT2D eigenvalue weighted by Crippen LogP contribution is 2.78. The number of aliphatic hydroxyl groups is 1. The van der Waals surface area contributed by atoms with E-state index in [-0.39, 0.29) is 5.41 Å². The van der Waals surface area contributed by atoms with Crippen LogP contribution in [0.25, 0.3) is 0 Å². The van der Waals surface area contributed by atoms with Crippen molar-refractivity contribution < 1.29 is 5.11 Å². The van der Waals surface area contributed by atoms with Gasteiger partial charge in [0, 0.05) is 6.61 Å². The topological polar surface area (TPSA) is 20.2 Å². The van der Waals surface area contributed by atoms with Crippen molar-refractivity contribution in [3.05, 3.63) is 0 Å². The molecule has 0 unspecified atom stereocenters. The van der Waals surface area contributed by atoms with Crippen molar-refractivity contribution in [2.45, 2.75) is 126 Å². The maximum atomic E-state index is 10.7.